The Morgan fingerprint density at radius 2 is 1.78 bits per heavy atom. The van der Waals surface area contributed by atoms with E-state index in [9.17, 15) is 18.8 Å². The minimum absolute atomic E-state index is 0.0928. The van der Waals surface area contributed by atoms with Crippen molar-refractivity contribution >= 4 is 35.2 Å². The van der Waals surface area contributed by atoms with Gasteiger partial charge in [0.1, 0.15) is 11.6 Å². The molecule has 0 fully saturated rings. The van der Waals surface area contributed by atoms with Crippen LogP contribution in [0.3, 0.4) is 0 Å². The molecule has 2 aromatic rings. The molecule has 0 saturated carbocycles. The van der Waals surface area contributed by atoms with Crippen LogP contribution in [-0.4, -0.2) is 30.6 Å². The van der Waals surface area contributed by atoms with Gasteiger partial charge in [0.25, 0.3) is 5.91 Å². The van der Waals surface area contributed by atoms with Crippen molar-refractivity contribution in [2.75, 3.05) is 11.9 Å². The second-order valence-corrected chi connectivity index (χ2v) is 5.74. The van der Waals surface area contributed by atoms with Crippen LogP contribution in [-0.2, 0) is 14.3 Å². The molecule has 2 aromatic carbocycles. The number of halogens is 2. The summed E-state index contributed by atoms with van der Waals surface area (Å²) in [6.45, 7) is 0.748. The van der Waals surface area contributed by atoms with Gasteiger partial charge in [0.15, 0.2) is 12.7 Å². The first-order chi connectivity index (χ1) is 12.8. The molecule has 142 valence electrons. The van der Waals surface area contributed by atoms with Crippen LogP contribution in [0.15, 0.2) is 48.5 Å². The molecule has 27 heavy (non-hydrogen) atoms. The van der Waals surface area contributed by atoms with Crippen LogP contribution in [0.5, 0.6) is 5.75 Å². The maximum Gasteiger partial charge on any atom is 0.347 e. The Balaban J connectivity index is 1.75. The molecule has 0 aliphatic carbocycles. The number of rotatable bonds is 6. The standard InChI is InChI=1S/C18H16ClFN2O5/c1-11(27-13-8-6-12(19)7-9-13)17(24)26-10-16(23)22-18(25)21-15-5-3-2-4-14(15)20/h2-9,11H,10H2,1H3,(H2,21,22,23,25)/t11-/m1/s1. The molecule has 0 aliphatic heterocycles. The molecule has 0 aliphatic rings. The van der Waals surface area contributed by atoms with Crippen molar-refractivity contribution in [1.29, 1.82) is 0 Å². The van der Waals surface area contributed by atoms with Gasteiger partial charge in [-0.05, 0) is 43.3 Å². The fraction of sp³-hybridized carbons (Fsp3) is 0.167. The summed E-state index contributed by atoms with van der Waals surface area (Å²) in [5.41, 5.74) is -0.0928. The molecule has 0 spiro atoms. The van der Waals surface area contributed by atoms with E-state index in [0.717, 1.165) is 6.07 Å². The van der Waals surface area contributed by atoms with Gasteiger partial charge in [0.05, 0.1) is 5.69 Å². The fourth-order valence-electron chi connectivity index (χ4n) is 1.90. The van der Waals surface area contributed by atoms with Crippen molar-refractivity contribution in [3.63, 3.8) is 0 Å². The van der Waals surface area contributed by atoms with Crippen LogP contribution in [0.1, 0.15) is 6.92 Å². The molecule has 0 radical (unpaired) electrons. The van der Waals surface area contributed by atoms with Gasteiger partial charge in [0.2, 0.25) is 0 Å². The Morgan fingerprint density at radius 3 is 2.44 bits per heavy atom. The first kappa shape index (κ1) is 20.2. The van der Waals surface area contributed by atoms with Gasteiger partial charge in [-0.1, -0.05) is 23.7 Å². The number of para-hydroxylation sites is 1. The molecule has 0 unspecified atom stereocenters. The zero-order valence-corrected chi connectivity index (χ0v) is 15.0. The number of ether oxygens (including phenoxy) is 2. The Bertz CT molecular complexity index is 829. The molecule has 9 heteroatoms. The van der Waals surface area contributed by atoms with E-state index in [1.807, 2.05) is 5.32 Å². The molecule has 2 N–H and O–H groups in total. The number of imide groups is 1. The van der Waals surface area contributed by atoms with Crippen molar-refractivity contribution < 1.29 is 28.2 Å². The zero-order chi connectivity index (χ0) is 19.8. The fourth-order valence-corrected chi connectivity index (χ4v) is 2.02. The number of hydrogen-bond acceptors (Lipinski definition) is 5. The number of urea groups is 1. The van der Waals surface area contributed by atoms with Crippen molar-refractivity contribution in [1.82, 2.24) is 5.32 Å². The van der Waals surface area contributed by atoms with Crippen LogP contribution >= 0.6 is 11.6 Å². The minimum Gasteiger partial charge on any atom is -0.479 e. The average molecular weight is 395 g/mol. The molecule has 3 amide bonds. The number of benzene rings is 2. The highest BCUT2D eigenvalue weighted by atomic mass is 35.5. The van der Waals surface area contributed by atoms with Crippen molar-refractivity contribution in [2.24, 2.45) is 0 Å². The van der Waals surface area contributed by atoms with Crippen molar-refractivity contribution in [3.05, 3.63) is 59.4 Å². The molecule has 7 nitrogen and oxygen atoms in total. The van der Waals surface area contributed by atoms with Crippen LogP contribution in [0.4, 0.5) is 14.9 Å². The predicted octanol–water partition coefficient (Wildman–Crippen LogP) is 3.14. The lowest BCUT2D eigenvalue weighted by Crippen LogP contribution is -2.38. The number of amides is 3. The second kappa shape index (κ2) is 9.54. The van der Waals surface area contributed by atoms with Gasteiger partial charge in [-0.2, -0.15) is 0 Å². The summed E-state index contributed by atoms with van der Waals surface area (Å²) in [7, 11) is 0. The first-order valence-corrected chi connectivity index (χ1v) is 8.17. The third-order valence-electron chi connectivity index (χ3n) is 3.18. The van der Waals surface area contributed by atoms with Crippen molar-refractivity contribution in [2.45, 2.75) is 13.0 Å². The normalized spacial score (nSPS) is 11.2. The molecule has 0 aromatic heterocycles. The quantitative estimate of drug-likeness (QED) is 0.734. The highest BCUT2D eigenvalue weighted by Crippen LogP contribution is 2.17. The highest BCUT2D eigenvalue weighted by molar-refractivity contribution is 6.30. The van der Waals surface area contributed by atoms with E-state index in [4.69, 9.17) is 21.1 Å². The minimum atomic E-state index is -0.980. The van der Waals surface area contributed by atoms with Crippen LogP contribution in [0.2, 0.25) is 5.02 Å². The number of nitrogens with one attached hydrogen (secondary N) is 2. The van der Waals surface area contributed by atoms with Gasteiger partial charge in [-0.15, -0.1) is 0 Å². The second-order valence-electron chi connectivity index (χ2n) is 5.30. The molecule has 1 atom stereocenters. The van der Waals surface area contributed by atoms with E-state index in [1.54, 1.807) is 24.3 Å². The van der Waals surface area contributed by atoms with E-state index in [-0.39, 0.29) is 5.69 Å². The van der Waals surface area contributed by atoms with Crippen LogP contribution in [0.25, 0.3) is 0 Å². The van der Waals surface area contributed by atoms with E-state index in [1.165, 1.54) is 25.1 Å². The Labute approximate surface area is 159 Å². The molecular formula is C18H16ClFN2O5. The summed E-state index contributed by atoms with van der Waals surface area (Å²) in [5.74, 6) is -1.93. The Kier molecular flexibility index (Phi) is 7.13. The van der Waals surface area contributed by atoms with E-state index < -0.39 is 36.4 Å². The number of esters is 1. The summed E-state index contributed by atoms with van der Waals surface area (Å²) >= 11 is 5.75. The topological polar surface area (TPSA) is 93.7 Å². The van der Waals surface area contributed by atoms with E-state index in [2.05, 4.69) is 5.32 Å². The highest BCUT2D eigenvalue weighted by Gasteiger charge is 2.19. The largest absolute Gasteiger partial charge is 0.479 e. The summed E-state index contributed by atoms with van der Waals surface area (Å²) in [5, 5.41) is 4.60. The van der Waals surface area contributed by atoms with Crippen LogP contribution in [0, 0.1) is 5.82 Å². The lowest BCUT2D eigenvalue weighted by Gasteiger charge is -2.14. The number of anilines is 1. The lowest BCUT2D eigenvalue weighted by molar-refractivity contribution is -0.154. The summed E-state index contributed by atoms with van der Waals surface area (Å²) in [6.07, 6.45) is -0.980. The third kappa shape index (κ3) is 6.59. The number of carbonyl (C=O) groups is 3. The van der Waals surface area contributed by atoms with Crippen molar-refractivity contribution in [3.8, 4) is 5.75 Å². The zero-order valence-electron chi connectivity index (χ0n) is 14.2. The number of carbonyl (C=O) groups excluding carboxylic acids is 3. The summed E-state index contributed by atoms with van der Waals surface area (Å²) in [4.78, 5) is 35.1. The van der Waals surface area contributed by atoms with Gasteiger partial charge < -0.3 is 14.8 Å². The molecular weight excluding hydrogens is 379 g/mol. The van der Waals surface area contributed by atoms with Gasteiger partial charge >= 0.3 is 12.0 Å². The maximum absolute atomic E-state index is 13.4. The van der Waals surface area contributed by atoms with Gasteiger partial charge in [-0.25, -0.2) is 14.0 Å². The lowest BCUT2D eigenvalue weighted by atomic mass is 10.3. The third-order valence-corrected chi connectivity index (χ3v) is 3.43. The SMILES string of the molecule is C[C@@H](Oc1ccc(Cl)cc1)C(=O)OCC(=O)NC(=O)Nc1ccccc1F. The molecule has 2 rings (SSSR count). The number of hydrogen-bond donors (Lipinski definition) is 2. The van der Waals surface area contributed by atoms with E-state index in [0.29, 0.717) is 10.8 Å². The Hall–Kier alpha value is -3.13. The summed E-state index contributed by atoms with van der Waals surface area (Å²) < 4.78 is 23.5. The maximum atomic E-state index is 13.4. The smallest absolute Gasteiger partial charge is 0.347 e. The molecule has 0 saturated heterocycles. The van der Waals surface area contributed by atoms with Gasteiger partial charge in [0, 0.05) is 5.02 Å². The molecule has 0 bridgehead atoms. The molecule has 0 heterocycles. The van der Waals surface area contributed by atoms with Crippen LogP contribution < -0.4 is 15.4 Å². The average Bonchev–Trinajstić information content (AvgIpc) is 2.63. The first-order valence-electron chi connectivity index (χ1n) is 7.79. The summed E-state index contributed by atoms with van der Waals surface area (Å²) in [6, 6.07) is 10.8. The Morgan fingerprint density at radius 1 is 1.11 bits per heavy atom. The van der Waals surface area contributed by atoms with Gasteiger partial charge in [-0.3, -0.25) is 10.1 Å². The predicted molar refractivity (Wildman–Crippen MR) is 96.1 cm³/mol. The monoisotopic (exact) mass is 394 g/mol. The van der Waals surface area contributed by atoms with E-state index >= 15 is 0 Å².